The average Bonchev–Trinajstić information content (AvgIpc) is 3.13. The van der Waals surface area contributed by atoms with Crippen molar-refractivity contribution < 1.29 is 55.9 Å². The number of aryl methyl sites for hydroxylation is 1. The molecule has 14 heteroatoms. The fourth-order valence-corrected chi connectivity index (χ4v) is 5.29. The van der Waals surface area contributed by atoms with Gasteiger partial charge in [0.1, 0.15) is 23.6 Å². The van der Waals surface area contributed by atoms with E-state index in [-0.39, 0.29) is 23.8 Å². The van der Waals surface area contributed by atoms with Gasteiger partial charge in [0.2, 0.25) is 17.4 Å². The number of pyridine rings is 1. The predicted molar refractivity (Wildman–Crippen MR) is 187 cm³/mol. The quantitative estimate of drug-likeness (QED) is 0.0605. The normalized spacial score (nSPS) is 11.1. The van der Waals surface area contributed by atoms with E-state index in [2.05, 4.69) is 20.9 Å². The second kappa shape index (κ2) is 18.1. The van der Waals surface area contributed by atoms with E-state index in [9.17, 15) is 22.8 Å². The number of hydrogen-bond acceptors (Lipinski definition) is 10. The molecular weight excluding hydrogens is 739 g/mol. The third-order valence-electron chi connectivity index (χ3n) is 7.40. The number of esters is 1. The smallest absolute Gasteiger partial charge is 0.433 e. The summed E-state index contributed by atoms with van der Waals surface area (Å²) < 4.78 is 75.7. The van der Waals surface area contributed by atoms with Gasteiger partial charge in [-0.3, -0.25) is 4.79 Å². The van der Waals surface area contributed by atoms with Gasteiger partial charge in [0, 0.05) is 10.5 Å². The van der Waals surface area contributed by atoms with Crippen LogP contribution in [0.4, 0.5) is 13.2 Å². The summed E-state index contributed by atoms with van der Waals surface area (Å²) in [5.41, 5.74) is 2.56. The fourth-order valence-electron chi connectivity index (χ4n) is 4.96. The van der Waals surface area contributed by atoms with E-state index in [1.807, 2.05) is 19.9 Å². The first-order valence-corrected chi connectivity index (χ1v) is 15.8. The van der Waals surface area contributed by atoms with Gasteiger partial charge in [0.25, 0.3) is 0 Å². The van der Waals surface area contributed by atoms with Crippen LogP contribution in [0.1, 0.15) is 43.9 Å². The zero-order valence-corrected chi connectivity index (χ0v) is 30.8. The Morgan fingerprint density at radius 2 is 1.47 bits per heavy atom. The van der Waals surface area contributed by atoms with Crippen LogP contribution in [-0.4, -0.2) is 59.4 Å². The number of alkyl halides is 3. The summed E-state index contributed by atoms with van der Waals surface area (Å²) in [6.07, 6.45) is -3.33. The maximum Gasteiger partial charge on any atom is 0.433 e. The molecule has 3 aromatic carbocycles. The van der Waals surface area contributed by atoms with Gasteiger partial charge in [-0.1, -0.05) is 46.3 Å². The van der Waals surface area contributed by atoms with E-state index in [1.54, 1.807) is 43.5 Å². The summed E-state index contributed by atoms with van der Waals surface area (Å²) in [6, 6.07) is 15.5. The van der Waals surface area contributed by atoms with Crippen molar-refractivity contribution in [3.63, 3.8) is 0 Å². The minimum absolute atomic E-state index is 0.0947. The highest BCUT2D eigenvalue weighted by Crippen LogP contribution is 2.44. The molecule has 0 aliphatic carbocycles. The Hall–Kier alpha value is -5.24. The van der Waals surface area contributed by atoms with Gasteiger partial charge >= 0.3 is 12.1 Å². The van der Waals surface area contributed by atoms with Crippen LogP contribution in [0.15, 0.2) is 71.4 Å². The number of halogens is 4. The third kappa shape index (κ3) is 9.51. The molecule has 0 saturated carbocycles. The van der Waals surface area contributed by atoms with Crippen molar-refractivity contribution in [2.75, 3.05) is 42.7 Å². The van der Waals surface area contributed by atoms with E-state index in [1.165, 1.54) is 53.9 Å². The Bertz CT molecular complexity index is 1890. The molecule has 0 atom stereocenters. The second-order valence-electron chi connectivity index (χ2n) is 10.5. The average molecular weight is 777 g/mol. The number of carbonyl (C=O) groups excluding carboxylic acids is 2. The number of carbonyl (C=O) groups is 2. The molecule has 0 saturated heterocycles. The van der Waals surface area contributed by atoms with Crippen molar-refractivity contribution in [1.29, 1.82) is 0 Å². The number of methoxy groups -OCH3 is 6. The van der Waals surface area contributed by atoms with Crippen LogP contribution < -0.4 is 23.7 Å². The molecule has 272 valence electrons. The number of benzene rings is 3. The first kappa shape index (κ1) is 40.2. The van der Waals surface area contributed by atoms with E-state index < -0.39 is 17.8 Å². The topological polar surface area (TPSA) is 112 Å². The van der Waals surface area contributed by atoms with E-state index in [0.717, 1.165) is 21.7 Å². The summed E-state index contributed by atoms with van der Waals surface area (Å²) in [5, 5.41) is 0. The Morgan fingerprint density at radius 1 is 0.804 bits per heavy atom. The van der Waals surface area contributed by atoms with Gasteiger partial charge in [0.05, 0.1) is 60.0 Å². The molecular formula is C37H37BrF3NO9. The summed E-state index contributed by atoms with van der Waals surface area (Å²) in [5.74, 6) is 0.733. The number of aromatic nitrogens is 1. The second-order valence-corrected chi connectivity index (χ2v) is 11.3. The molecule has 0 aliphatic heterocycles. The summed E-state index contributed by atoms with van der Waals surface area (Å²) in [6.45, 7) is 3.60. The van der Waals surface area contributed by atoms with Crippen molar-refractivity contribution in [2.45, 2.75) is 26.6 Å². The third-order valence-corrected chi connectivity index (χ3v) is 8.26. The standard InChI is InChI=1S/C19H21BrO5.C18H16F3NO4/c1-10-9-14(23-4)18(24-5)19(25-6)15(10)17(21)16-11(2)12(20)7-8-13(16)22-3;1-24-11-14(17(23)25-2)13-7-4-3-6-12(13)10-26-16-9-5-8-15(22-16)18(19,20)21/h7-9H,1-6H3;3-9,11H,10H2,1-2H3/b;14-11+. The molecule has 0 N–H and O–H groups in total. The highest BCUT2D eigenvalue weighted by Gasteiger charge is 2.33. The van der Waals surface area contributed by atoms with Crippen LogP contribution in [0.25, 0.3) is 5.57 Å². The van der Waals surface area contributed by atoms with Crippen LogP contribution in [0, 0.1) is 13.8 Å². The molecule has 1 heterocycles. The van der Waals surface area contributed by atoms with E-state index in [0.29, 0.717) is 45.3 Å². The minimum Gasteiger partial charge on any atom is -0.503 e. The molecule has 10 nitrogen and oxygen atoms in total. The van der Waals surface area contributed by atoms with Gasteiger partial charge in [-0.2, -0.15) is 13.2 Å². The monoisotopic (exact) mass is 775 g/mol. The van der Waals surface area contributed by atoms with Crippen LogP contribution in [-0.2, 0) is 27.1 Å². The lowest BCUT2D eigenvalue weighted by Gasteiger charge is -2.19. The van der Waals surface area contributed by atoms with Gasteiger partial charge < -0.3 is 33.2 Å². The van der Waals surface area contributed by atoms with E-state index in [4.69, 9.17) is 33.2 Å². The summed E-state index contributed by atoms with van der Waals surface area (Å²) in [7, 11) is 8.71. The number of nitrogens with zero attached hydrogens (tertiary/aromatic N) is 1. The zero-order valence-electron chi connectivity index (χ0n) is 29.2. The van der Waals surface area contributed by atoms with Gasteiger partial charge in [-0.15, -0.1) is 0 Å². The number of ketones is 1. The van der Waals surface area contributed by atoms with E-state index >= 15 is 0 Å². The molecule has 0 unspecified atom stereocenters. The van der Waals surface area contributed by atoms with Crippen molar-refractivity contribution in [3.8, 4) is 28.9 Å². The van der Waals surface area contributed by atoms with Gasteiger partial charge in [-0.05, 0) is 60.4 Å². The molecule has 0 radical (unpaired) electrons. The highest BCUT2D eigenvalue weighted by atomic mass is 79.9. The number of rotatable bonds is 12. The molecule has 51 heavy (non-hydrogen) atoms. The van der Waals surface area contributed by atoms with Gasteiger partial charge in [0.15, 0.2) is 11.5 Å². The lowest BCUT2D eigenvalue weighted by atomic mass is 9.93. The predicted octanol–water partition coefficient (Wildman–Crippen LogP) is 8.17. The van der Waals surface area contributed by atoms with Crippen molar-refractivity contribution in [1.82, 2.24) is 4.98 Å². The molecule has 0 bridgehead atoms. The summed E-state index contributed by atoms with van der Waals surface area (Å²) in [4.78, 5) is 28.8. The van der Waals surface area contributed by atoms with Crippen LogP contribution in [0.5, 0.6) is 28.9 Å². The minimum atomic E-state index is -4.56. The molecule has 4 aromatic rings. The molecule has 0 amide bonds. The SMILES string of the molecule is CO/C=C(/C(=O)OC)c1ccccc1COc1cccc(C(F)(F)F)n1.COc1cc(C)c(C(=O)c2c(OC)ccc(Br)c2C)c(OC)c1OC. The first-order valence-electron chi connectivity index (χ1n) is 15.0. The van der Waals surface area contributed by atoms with Crippen molar-refractivity contribution in [2.24, 2.45) is 0 Å². The number of ether oxygens (including phenoxy) is 7. The van der Waals surface area contributed by atoms with Crippen LogP contribution >= 0.6 is 15.9 Å². The molecule has 0 fully saturated rings. The Balaban J connectivity index is 0.000000276. The summed E-state index contributed by atoms with van der Waals surface area (Å²) >= 11 is 3.47. The lowest BCUT2D eigenvalue weighted by molar-refractivity contribution is -0.141. The Kier molecular flexibility index (Phi) is 14.3. The molecule has 0 spiro atoms. The lowest BCUT2D eigenvalue weighted by Crippen LogP contribution is -2.11. The maximum atomic E-state index is 13.4. The van der Waals surface area contributed by atoms with Crippen LogP contribution in [0.3, 0.4) is 0 Å². The fraction of sp³-hybridized carbons (Fsp3) is 0.270. The zero-order chi connectivity index (χ0) is 37.9. The molecule has 1 aromatic heterocycles. The Labute approximate surface area is 302 Å². The maximum absolute atomic E-state index is 13.4. The Morgan fingerprint density at radius 3 is 2.06 bits per heavy atom. The largest absolute Gasteiger partial charge is 0.503 e. The van der Waals surface area contributed by atoms with Crippen molar-refractivity contribution >= 4 is 33.3 Å². The number of hydrogen-bond donors (Lipinski definition) is 0. The molecule has 0 aliphatic rings. The van der Waals surface area contributed by atoms with Gasteiger partial charge in [-0.25, -0.2) is 9.78 Å². The first-order chi connectivity index (χ1) is 24.3. The van der Waals surface area contributed by atoms with Crippen molar-refractivity contribution in [3.05, 3.63) is 110 Å². The highest BCUT2D eigenvalue weighted by molar-refractivity contribution is 9.10. The molecule has 4 rings (SSSR count). The van der Waals surface area contributed by atoms with Crippen LogP contribution in [0.2, 0.25) is 0 Å².